The highest BCUT2D eigenvalue weighted by molar-refractivity contribution is 5.76. The normalized spacial score (nSPS) is 24.1. The second-order valence-electron chi connectivity index (χ2n) is 6.96. The largest absolute Gasteiger partial charge is 0.489 e. The molecule has 1 aromatic rings. The highest BCUT2D eigenvalue weighted by atomic mass is 16.5. The van der Waals surface area contributed by atoms with E-state index in [4.69, 9.17) is 9.47 Å². The Kier molecular flexibility index (Phi) is 5.74. The molecule has 0 saturated carbocycles. The van der Waals surface area contributed by atoms with Crippen LogP contribution in [0.4, 0.5) is 0 Å². The number of nitrogens with zero attached hydrogens (tertiary/aromatic N) is 1. The third kappa shape index (κ3) is 4.71. The van der Waals surface area contributed by atoms with Gasteiger partial charge in [0.1, 0.15) is 11.9 Å². The first-order valence-electron chi connectivity index (χ1n) is 8.97. The maximum absolute atomic E-state index is 12.1. The molecule has 5 nitrogen and oxygen atoms in total. The second kappa shape index (κ2) is 7.99. The number of aryl methyl sites for hydroxylation is 1. The molecule has 3 rings (SSSR count). The SMILES string of the molecule is Cc1ccc2c(c1)CN(CCC(=O)NC[C@@H]1CCCO1)C[C@@H](C)O2. The third-order valence-electron chi connectivity index (χ3n) is 4.66. The van der Waals surface area contributed by atoms with Crippen LogP contribution in [0, 0.1) is 6.92 Å². The summed E-state index contributed by atoms with van der Waals surface area (Å²) in [6, 6.07) is 6.32. The van der Waals surface area contributed by atoms with Crippen LogP contribution in [0.15, 0.2) is 18.2 Å². The highest BCUT2D eigenvalue weighted by Crippen LogP contribution is 2.26. The van der Waals surface area contributed by atoms with E-state index in [9.17, 15) is 4.79 Å². The molecule has 5 heteroatoms. The van der Waals surface area contributed by atoms with Gasteiger partial charge >= 0.3 is 0 Å². The molecule has 1 fully saturated rings. The monoisotopic (exact) mass is 332 g/mol. The minimum absolute atomic E-state index is 0.104. The maximum atomic E-state index is 12.1. The van der Waals surface area contributed by atoms with E-state index in [2.05, 4.69) is 42.3 Å². The lowest BCUT2D eigenvalue weighted by Crippen LogP contribution is -2.36. The van der Waals surface area contributed by atoms with Crippen molar-refractivity contribution in [2.24, 2.45) is 0 Å². The predicted octanol–water partition coefficient (Wildman–Crippen LogP) is 2.26. The van der Waals surface area contributed by atoms with Crippen molar-refractivity contribution >= 4 is 5.91 Å². The molecule has 2 aliphatic heterocycles. The molecular formula is C19H28N2O3. The van der Waals surface area contributed by atoms with Crippen LogP contribution in [-0.4, -0.2) is 49.3 Å². The van der Waals surface area contributed by atoms with E-state index in [1.807, 2.05) is 0 Å². The summed E-state index contributed by atoms with van der Waals surface area (Å²) in [6.45, 7) is 8.06. The molecule has 1 N–H and O–H groups in total. The number of hydrogen-bond acceptors (Lipinski definition) is 4. The quantitative estimate of drug-likeness (QED) is 0.899. The van der Waals surface area contributed by atoms with Crippen molar-refractivity contribution < 1.29 is 14.3 Å². The molecule has 0 unspecified atom stereocenters. The van der Waals surface area contributed by atoms with E-state index in [1.54, 1.807) is 0 Å². The lowest BCUT2D eigenvalue weighted by atomic mass is 10.1. The Morgan fingerprint density at radius 3 is 3.08 bits per heavy atom. The van der Waals surface area contributed by atoms with Crippen LogP contribution in [0.3, 0.4) is 0 Å². The molecule has 2 atom stereocenters. The number of benzene rings is 1. The molecule has 132 valence electrons. The number of hydrogen-bond donors (Lipinski definition) is 1. The van der Waals surface area contributed by atoms with Gasteiger partial charge in [-0.2, -0.15) is 0 Å². The van der Waals surface area contributed by atoms with E-state index in [-0.39, 0.29) is 18.1 Å². The average molecular weight is 332 g/mol. The second-order valence-corrected chi connectivity index (χ2v) is 6.96. The third-order valence-corrected chi connectivity index (χ3v) is 4.66. The Morgan fingerprint density at radius 2 is 2.29 bits per heavy atom. The topological polar surface area (TPSA) is 50.8 Å². The fourth-order valence-corrected chi connectivity index (χ4v) is 3.42. The lowest BCUT2D eigenvalue weighted by molar-refractivity contribution is -0.122. The number of fused-ring (bicyclic) bond motifs is 1. The van der Waals surface area contributed by atoms with Gasteiger partial charge in [-0.15, -0.1) is 0 Å². The number of carbonyl (C=O) groups excluding carboxylic acids is 1. The molecule has 0 aromatic heterocycles. The standard InChI is InChI=1S/C19H28N2O3/c1-14-5-6-18-16(10-14)13-21(12-15(2)24-18)8-7-19(22)20-11-17-4-3-9-23-17/h5-6,10,15,17H,3-4,7-9,11-13H2,1-2H3,(H,20,22)/t15-,17+/m1/s1. The van der Waals surface area contributed by atoms with E-state index in [0.29, 0.717) is 13.0 Å². The van der Waals surface area contributed by atoms with Gasteiger partial charge in [-0.25, -0.2) is 0 Å². The Bertz CT molecular complexity index is 570. The molecular weight excluding hydrogens is 304 g/mol. The average Bonchev–Trinajstić information content (AvgIpc) is 3.01. The fourth-order valence-electron chi connectivity index (χ4n) is 3.42. The molecule has 1 amide bonds. The first kappa shape index (κ1) is 17.2. The van der Waals surface area contributed by atoms with Gasteiger partial charge in [0, 0.05) is 44.8 Å². The summed E-state index contributed by atoms with van der Waals surface area (Å²) < 4.78 is 11.5. The minimum atomic E-state index is 0.104. The summed E-state index contributed by atoms with van der Waals surface area (Å²) in [7, 11) is 0. The molecule has 0 bridgehead atoms. The van der Waals surface area contributed by atoms with Crippen molar-refractivity contribution in [2.75, 3.05) is 26.2 Å². The molecule has 2 heterocycles. The smallest absolute Gasteiger partial charge is 0.221 e. The molecule has 0 spiro atoms. The Balaban J connectivity index is 1.49. The number of nitrogens with one attached hydrogen (secondary N) is 1. The lowest BCUT2D eigenvalue weighted by Gasteiger charge is -2.21. The zero-order valence-electron chi connectivity index (χ0n) is 14.7. The Hall–Kier alpha value is -1.59. The van der Waals surface area contributed by atoms with E-state index < -0.39 is 0 Å². The van der Waals surface area contributed by atoms with Gasteiger partial charge in [0.05, 0.1) is 6.10 Å². The van der Waals surface area contributed by atoms with Crippen LogP contribution in [0.1, 0.15) is 37.3 Å². The molecule has 24 heavy (non-hydrogen) atoms. The van der Waals surface area contributed by atoms with Gasteiger partial charge in [-0.1, -0.05) is 17.7 Å². The maximum Gasteiger partial charge on any atom is 0.221 e. The van der Waals surface area contributed by atoms with Gasteiger partial charge < -0.3 is 14.8 Å². The van der Waals surface area contributed by atoms with Crippen LogP contribution < -0.4 is 10.1 Å². The first-order valence-corrected chi connectivity index (χ1v) is 8.97. The number of rotatable bonds is 5. The molecule has 1 saturated heterocycles. The van der Waals surface area contributed by atoms with Crippen LogP contribution in [0.25, 0.3) is 0 Å². The van der Waals surface area contributed by atoms with Gasteiger partial charge in [0.25, 0.3) is 0 Å². The van der Waals surface area contributed by atoms with Crippen LogP contribution in [0.5, 0.6) is 5.75 Å². The number of carbonyl (C=O) groups is 1. The molecule has 0 radical (unpaired) electrons. The van der Waals surface area contributed by atoms with Crippen molar-refractivity contribution in [1.82, 2.24) is 10.2 Å². The summed E-state index contributed by atoms with van der Waals surface area (Å²) >= 11 is 0. The van der Waals surface area contributed by atoms with E-state index >= 15 is 0 Å². The van der Waals surface area contributed by atoms with Crippen molar-refractivity contribution in [1.29, 1.82) is 0 Å². The van der Waals surface area contributed by atoms with Gasteiger partial charge in [-0.05, 0) is 32.8 Å². The first-order chi connectivity index (χ1) is 11.6. The van der Waals surface area contributed by atoms with Crippen LogP contribution >= 0.6 is 0 Å². The minimum Gasteiger partial charge on any atom is -0.489 e. The summed E-state index contributed by atoms with van der Waals surface area (Å²) in [5, 5.41) is 3.00. The van der Waals surface area contributed by atoms with Gasteiger partial charge in [-0.3, -0.25) is 9.69 Å². The number of ether oxygens (including phenoxy) is 2. The summed E-state index contributed by atoms with van der Waals surface area (Å²) in [5.74, 6) is 1.08. The summed E-state index contributed by atoms with van der Waals surface area (Å²) in [4.78, 5) is 14.4. The molecule has 0 aliphatic carbocycles. The Labute approximate surface area is 144 Å². The van der Waals surface area contributed by atoms with Crippen molar-refractivity contribution in [2.45, 2.75) is 51.9 Å². The van der Waals surface area contributed by atoms with Gasteiger partial charge in [0.15, 0.2) is 0 Å². The summed E-state index contributed by atoms with van der Waals surface area (Å²) in [6.07, 6.45) is 3.00. The van der Waals surface area contributed by atoms with E-state index in [0.717, 1.165) is 44.8 Å². The number of amides is 1. The Morgan fingerprint density at radius 1 is 1.42 bits per heavy atom. The molecule has 1 aromatic carbocycles. The fraction of sp³-hybridized carbons (Fsp3) is 0.632. The van der Waals surface area contributed by atoms with Crippen LogP contribution in [0.2, 0.25) is 0 Å². The van der Waals surface area contributed by atoms with Crippen LogP contribution in [-0.2, 0) is 16.1 Å². The zero-order valence-corrected chi connectivity index (χ0v) is 14.7. The predicted molar refractivity (Wildman–Crippen MR) is 93.1 cm³/mol. The van der Waals surface area contributed by atoms with Crippen molar-refractivity contribution in [3.8, 4) is 5.75 Å². The van der Waals surface area contributed by atoms with Crippen molar-refractivity contribution in [3.63, 3.8) is 0 Å². The highest BCUT2D eigenvalue weighted by Gasteiger charge is 2.21. The van der Waals surface area contributed by atoms with E-state index in [1.165, 1.54) is 11.1 Å². The van der Waals surface area contributed by atoms with Gasteiger partial charge in [0.2, 0.25) is 5.91 Å². The van der Waals surface area contributed by atoms with Crippen molar-refractivity contribution in [3.05, 3.63) is 29.3 Å². The summed E-state index contributed by atoms with van der Waals surface area (Å²) in [5.41, 5.74) is 2.44. The zero-order chi connectivity index (χ0) is 16.9. The molecule has 2 aliphatic rings.